The number of phenolic OH excluding ortho intramolecular Hbond substituents is 1. The first-order valence-electron chi connectivity index (χ1n) is 17.3. The molecule has 6 N–H and O–H groups in total. The zero-order chi connectivity index (χ0) is 39.3. The Labute approximate surface area is 311 Å². The van der Waals surface area contributed by atoms with E-state index in [4.69, 9.17) is 23.7 Å². The summed E-state index contributed by atoms with van der Waals surface area (Å²) >= 11 is 0. The summed E-state index contributed by atoms with van der Waals surface area (Å²) in [7, 11) is 5.92. The van der Waals surface area contributed by atoms with Gasteiger partial charge in [0, 0.05) is 30.3 Å². The van der Waals surface area contributed by atoms with Crippen LogP contribution in [0.1, 0.15) is 51.3 Å². The molecule has 0 bridgehead atoms. The summed E-state index contributed by atoms with van der Waals surface area (Å²) < 4.78 is 27.2. The first-order chi connectivity index (χ1) is 25.1. The van der Waals surface area contributed by atoms with Gasteiger partial charge in [0.2, 0.25) is 17.6 Å². The van der Waals surface area contributed by atoms with E-state index in [2.05, 4.69) is 21.3 Å². The average molecular weight is 739 g/mol. The molecule has 4 atom stereocenters. The van der Waals surface area contributed by atoms with Crippen LogP contribution in [0.4, 0.5) is 4.79 Å². The van der Waals surface area contributed by atoms with E-state index in [9.17, 15) is 24.6 Å². The molecule has 0 fully saturated rings. The molecule has 3 rings (SSSR count). The molecular weight excluding hydrogens is 684 g/mol. The summed E-state index contributed by atoms with van der Waals surface area (Å²) in [6, 6.07) is 13.9. The van der Waals surface area contributed by atoms with E-state index < -0.39 is 47.7 Å². The van der Waals surface area contributed by atoms with Crippen LogP contribution in [-0.2, 0) is 33.8 Å². The number of carbonyl (C=O) groups excluding carboxylic acids is 3. The van der Waals surface area contributed by atoms with Crippen molar-refractivity contribution in [1.82, 2.24) is 21.3 Å². The van der Waals surface area contributed by atoms with Crippen LogP contribution in [0, 0.1) is 5.92 Å². The largest absolute Gasteiger partial charge is 0.507 e. The van der Waals surface area contributed by atoms with Crippen molar-refractivity contribution in [2.75, 3.05) is 28.4 Å². The maximum Gasteiger partial charge on any atom is 0.407 e. The van der Waals surface area contributed by atoms with E-state index in [0.29, 0.717) is 34.1 Å². The van der Waals surface area contributed by atoms with Crippen molar-refractivity contribution in [2.45, 2.75) is 84.0 Å². The maximum absolute atomic E-state index is 14.3. The zero-order valence-electron chi connectivity index (χ0n) is 31.9. The minimum absolute atomic E-state index is 0.00153. The zero-order valence-corrected chi connectivity index (χ0v) is 31.9. The number of ether oxygens (including phenoxy) is 5. The summed E-state index contributed by atoms with van der Waals surface area (Å²) in [5.41, 5.74) is 0.983. The molecule has 53 heavy (non-hydrogen) atoms. The number of alkyl carbamates (subject to hydrolysis) is 1. The van der Waals surface area contributed by atoms with Crippen LogP contribution in [-0.4, -0.2) is 86.4 Å². The molecule has 0 aromatic heterocycles. The minimum atomic E-state index is -1.54. The standard InChI is InChI=1S/C39H54N4O10/c1-23(2)31(36(46)41-21-25-15-17-27(49-6)20-29(25)44)43-37(47)32(40-22-26-16-18-30(50-7)35(52-9)34(26)51-8)33(45)28(19-24-13-11-10-12-14-24)42-38(48)53-39(3,4)5/h10-18,20,23,28,31-33,40,44-45H,19,21-22H2,1-9H3,(H,41,46)(H,42,48)(H,43,47)/t28-,31-,32+,33+/m0/s1. The van der Waals surface area contributed by atoms with Gasteiger partial charge in [-0.15, -0.1) is 0 Å². The smallest absolute Gasteiger partial charge is 0.407 e. The topological polar surface area (TPSA) is 186 Å². The molecule has 0 saturated carbocycles. The van der Waals surface area contributed by atoms with E-state index in [1.54, 1.807) is 58.9 Å². The Morgan fingerprint density at radius 3 is 1.98 bits per heavy atom. The third kappa shape index (κ3) is 12.2. The Bertz CT molecular complexity index is 1660. The van der Waals surface area contributed by atoms with Gasteiger partial charge in [-0.05, 0) is 56.9 Å². The highest BCUT2D eigenvalue weighted by Gasteiger charge is 2.37. The molecule has 3 aromatic rings. The fraction of sp³-hybridized carbons (Fsp3) is 0.462. The second-order valence-electron chi connectivity index (χ2n) is 13.7. The summed E-state index contributed by atoms with van der Waals surface area (Å²) in [5, 5.41) is 33.9. The molecule has 0 heterocycles. The maximum atomic E-state index is 14.3. The summed E-state index contributed by atoms with van der Waals surface area (Å²) in [6.07, 6.45) is -2.17. The van der Waals surface area contributed by atoms with Gasteiger partial charge in [-0.2, -0.15) is 0 Å². The van der Waals surface area contributed by atoms with Crippen LogP contribution in [0.25, 0.3) is 0 Å². The van der Waals surface area contributed by atoms with Crippen LogP contribution in [0.15, 0.2) is 60.7 Å². The Morgan fingerprint density at radius 2 is 1.42 bits per heavy atom. The van der Waals surface area contributed by atoms with Crippen LogP contribution in [0.5, 0.6) is 28.7 Å². The van der Waals surface area contributed by atoms with Crippen molar-refractivity contribution in [3.8, 4) is 28.7 Å². The first-order valence-corrected chi connectivity index (χ1v) is 17.3. The van der Waals surface area contributed by atoms with Crippen LogP contribution in [0.3, 0.4) is 0 Å². The van der Waals surface area contributed by atoms with Gasteiger partial charge in [-0.1, -0.05) is 50.2 Å². The monoisotopic (exact) mass is 738 g/mol. The van der Waals surface area contributed by atoms with Crippen LogP contribution < -0.4 is 40.2 Å². The number of hydrogen-bond acceptors (Lipinski definition) is 11. The fourth-order valence-electron chi connectivity index (χ4n) is 5.60. The molecule has 0 saturated heterocycles. The third-order valence-corrected chi connectivity index (χ3v) is 8.33. The number of benzene rings is 3. The van der Waals surface area contributed by atoms with Crippen molar-refractivity contribution in [3.05, 3.63) is 77.4 Å². The van der Waals surface area contributed by atoms with Gasteiger partial charge in [-0.25, -0.2) is 4.79 Å². The van der Waals surface area contributed by atoms with Gasteiger partial charge in [0.15, 0.2) is 11.5 Å². The Hall–Kier alpha value is -5.21. The number of aliphatic hydroxyl groups excluding tert-OH is 1. The third-order valence-electron chi connectivity index (χ3n) is 8.33. The van der Waals surface area contributed by atoms with Crippen LogP contribution >= 0.6 is 0 Å². The molecule has 3 aromatic carbocycles. The second kappa shape index (κ2) is 19.6. The van der Waals surface area contributed by atoms with E-state index >= 15 is 0 Å². The lowest BCUT2D eigenvalue weighted by Crippen LogP contribution is -2.62. The van der Waals surface area contributed by atoms with Gasteiger partial charge in [0.05, 0.1) is 40.6 Å². The molecule has 0 unspecified atom stereocenters. The molecule has 0 aliphatic rings. The Morgan fingerprint density at radius 1 is 0.755 bits per heavy atom. The van der Waals surface area contributed by atoms with Gasteiger partial charge in [-0.3, -0.25) is 14.9 Å². The number of aliphatic hydroxyl groups is 1. The van der Waals surface area contributed by atoms with Crippen molar-refractivity contribution < 1.29 is 48.3 Å². The molecule has 0 radical (unpaired) electrons. The lowest BCUT2D eigenvalue weighted by molar-refractivity contribution is -0.133. The van der Waals surface area contributed by atoms with Gasteiger partial charge < -0.3 is 49.8 Å². The highest BCUT2D eigenvalue weighted by Crippen LogP contribution is 2.39. The molecular formula is C39H54N4O10. The molecule has 14 nitrogen and oxygen atoms in total. The number of amides is 3. The van der Waals surface area contributed by atoms with Crippen molar-refractivity contribution in [3.63, 3.8) is 0 Å². The normalized spacial score (nSPS) is 13.6. The van der Waals surface area contributed by atoms with Gasteiger partial charge in [0.25, 0.3) is 0 Å². The average Bonchev–Trinajstić information content (AvgIpc) is 3.11. The summed E-state index contributed by atoms with van der Waals surface area (Å²) in [5.74, 6) is -0.0825. The van der Waals surface area contributed by atoms with Gasteiger partial charge in [0.1, 0.15) is 29.2 Å². The summed E-state index contributed by atoms with van der Waals surface area (Å²) in [6.45, 7) is 8.68. The minimum Gasteiger partial charge on any atom is -0.507 e. The number of rotatable bonds is 18. The number of hydrogen-bond donors (Lipinski definition) is 6. The van der Waals surface area contributed by atoms with E-state index in [1.807, 2.05) is 30.3 Å². The molecule has 0 aliphatic heterocycles. The predicted molar refractivity (Wildman–Crippen MR) is 199 cm³/mol. The quantitative estimate of drug-likeness (QED) is 0.111. The molecule has 0 spiro atoms. The van der Waals surface area contributed by atoms with Gasteiger partial charge >= 0.3 is 6.09 Å². The second-order valence-corrected chi connectivity index (χ2v) is 13.7. The highest BCUT2D eigenvalue weighted by atomic mass is 16.6. The predicted octanol–water partition coefficient (Wildman–Crippen LogP) is 3.84. The van der Waals surface area contributed by atoms with E-state index in [0.717, 1.165) is 5.56 Å². The number of carbonyl (C=O) groups is 3. The molecule has 14 heteroatoms. The van der Waals surface area contributed by atoms with Crippen molar-refractivity contribution in [2.24, 2.45) is 5.92 Å². The SMILES string of the molecule is COc1ccc(CNC(=O)[C@@H](NC(=O)[C@H](NCc2ccc(OC)c(OC)c2OC)[C@H](O)[C@H](Cc2ccccc2)NC(=O)OC(C)(C)C)C(C)C)c(O)c1. The highest BCUT2D eigenvalue weighted by molar-refractivity contribution is 5.90. The molecule has 290 valence electrons. The number of methoxy groups -OCH3 is 4. The van der Waals surface area contributed by atoms with Crippen molar-refractivity contribution in [1.29, 1.82) is 0 Å². The van der Waals surface area contributed by atoms with Crippen molar-refractivity contribution >= 4 is 17.9 Å². The number of aromatic hydroxyl groups is 1. The Balaban J connectivity index is 1.97. The van der Waals surface area contributed by atoms with Crippen LogP contribution in [0.2, 0.25) is 0 Å². The lowest BCUT2D eigenvalue weighted by atomic mass is 9.94. The number of phenols is 1. The van der Waals surface area contributed by atoms with E-state index in [1.165, 1.54) is 34.5 Å². The molecule has 0 aliphatic carbocycles. The number of nitrogens with one attached hydrogen (secondary N) is 4. The molecule has 3 amide bonds. The van der Waals surface area contributed by atoms with E-state index in [-0.39, 0.29) is 31.2 Å². The Kier molecular flexibility index (Phi) is 15.6. The first kappa shape index (κ1) is 42.2. The lowest BCUT2D eigenvalue weighted by Gasteiger charge is -2.33. The fourth-order valence-corrected chi connectivity index (χ4v) is 5.60. The summed E-state index contributed by atoms with van der Waals surface area (Å²) in [4.78, 5) is 40.9.